The van der Waals surface area contributed by atoms with E-state index in [-0.39, 0.29) is 34.2 Å². The second kappa shape index (κ2) is 16.1. The number of azo groups is 3. The van der Waals surface area contributed by atoms with E-state index >= 15 is 0 Å². The molecule has 15 heteroatoms. The lowest BCUT2D eigenvalue weighted by atomic mass is 10.1. The van der Waals surface area contributed by atoms with Crippen molar-refractivity contribution in [3.05, 3.63) is 133 Å². The third-order valence-electron chi connectivity index (χ3n) is 8.69. The van der Waals surface area contributed by atoms with E-state index in [2.05, 4.69) is 36.0 Å². The molecule has 0 unspecified atom stereocenters. The third kappa shape index (κ3) is 7.90. The van der Waals surface area contributed by atoms with Crippen molar-refractivity contribution in [1.82, 2.24) is 0 Å². The number of rotatable bonds is 12. The predicted octanol–water partition coefficient (Wildman–Crippen LogP) is 11.4. The fourth-order valence-electron chi connectivity index (χ4n) is 5.95. The van der Waals surface area contributed by atoms with Gasteiger partial charge in [-0.05, 0) is 60.0 Å². The molecule has 56 heavy (non-hydrogen) atoms. The van der Waals surface area contributed by atoms with Gasteiger partial charge in [-0.1, -0.05) is 60.7 Å². The first kappa shape index (κ1) is 37.3. The second-order valence-electron chi connectivity index (χ2n) is 12.2. The molecule has 7 aromatic carbocycles. The standard InChI is InChI=1S/C41H33N7O7S/c1-54-37-22-34(45-43-32-14-8-9-15-39(32)56(51,52)53)26(24-49)21-36(37)47-46-35-23-38(55-2)40(31-13-7-6-12-30(31)35)48-44-33-19-16-25-20-28(17-18-29(25)41(33)50)42-27-10-4-3-5-11-27/h3-23,42,49-50H,24H2,1-2H3,(H,51,52,53). The quantitative estimate of drug-likeness (QED) is 0.0694. The van der Waals surface area contributed by atoms with Gasteiger partial charge in [0.05, 0.1) is 32.2 Å². The lowest BCUT2D eigenvalue weighted by Gasteiger charge is -2.11. The number of nitrogens with zero attached hydrogens (tertiary/aromatic N) is 6. The van der Waals surface area contributed by atoms with Crippen LogP contribution < -0.4 is 14.8 Å². The summed E-state index contributed by atoms with van der Waals surface area (Å²) in [5.41, 5.74) is 3.59. The molecule has 0 bridgehead atoms. The number of phenols is 1. The molecular weight excluding hydrogens is 735 g/mol. The Bertz CT molecular complexity index is 2790. The van der Waals surface area contributed by atoms with Gasteiger partial charge in [-0.25, -0.2) is 0 Å². The maximum Gasteiger partial charge on any atom is 0.296 e. The van der Waals surface area contributed by atoms with Crippen molar-refractivity contribution >= 4 is 77.2 Å². The molecule has 0 aromatic heterocycles. The van der Waals surface area contributed by atoms with Crippen molar-refractivity contribution in [1.29, 1.82) is 0 Å². The summed E-state index contributed by atoms with van der Waals surface area (Å²) < 4.78 is 44.4. The minimum Gasteiger partial charge on any atom is -0.505 e. The van der Waals surface area contributed by atoms with Gasteiger partial charge in [0.1, 0.15) is 39.1 Å². The van der Waals surface area contributed by atoms with Gasteiger partial charge in [-0.2, -0.15) is 13.5 Å². The Hall–Kier alpha value is -7.07. The van der Waals surface area contributed by atoms with Gasteiger partial charge in [0, 0.05) is 45.2 Å². The van der Waals surface area contributed by atoms with Crippen LogP contribution in [0.15, 0.2) is 163 Å². The van der Waals surface area contributed by atoms with Crippen LogP contribution in [0.3, 0.4) is 0 Å². The van der Waals surface area contributed by atoms with E-state index in [1.165, 1.54) is 44.6 Å². The molecule has 7 aromatic rings. The Morgan fingerprint density at radius 1 is 0.571 bits per heavy atom. The maximum absolute atomic E-state index is 11.8. The number of anilines is 2. The second-order valence-corrected chi connectivity index (χ2v) is 13.6. The highest BCUT2D eigenvalue weighted by molar-refractivity contribution is 7.86. The molecule has 0 heterocycles. The molecule has 0 aliphatic rings. The number of aliphatic hydroxyl groups excluding tert-OH is 1. The average Bonchev–Trinajstić information content (AvgIpc) is 3.22. The Labute approximate surface area is 320 Å². The highest BCUT2D eigenvalue weighted by atomic mass is 32.2. The number of methoxy groups -OCH3 is 2. The van der Waals surface area contributed by atoms with Crippen molar-refractivity contribution in [2.45, 2.75) is 11.5 Å². The molecule has 0 fully saturated rings. The van der Waals surface area contributed by atoms with E-state index in [0.29, 0.717) is 38.8 Å². The van der Waals surface area contributed by atoms with Crippen molar-refractivity contribution < 1.29 is 32.7 Å². The number of hydrogen-bond donors (Lipinski definition) is 4. The Balaban J connectivity index is 1.20. The van der Waals surface area contributed by atoms with Crippen LogP contribution in [-0.4, -0.2) is 37.4 Å². The van der Waals surface area contributed by atoms with E-state index in [1.807, 2.05) is 78.9 Å². The summed E-state index contributed by atoms with van der Waals surface area (Å²) in [7, 11) is -1.63. The lowest BCUT2D eigenvalue weighted by Crippen LogP contribution is -1.97. The fraction of sp³-hybridized carbons (Fsp3) is 0.0732. The highest BCUT2D eigenvalue weighted by Gasteiger charge is 2.17. The van der Waals surface area contributed by atoms with Crippen LogP contribution in [0.1, 0.15) is 5.56 Å². The summed E-state index contributed by atoms with van der Waals surface area (Å²) in [5.74, 6) is 0.573. The summed E-state index contributed by atoms with van der Waals surface area (Å²) in [6, 6.07) is 36.6. The molecule has 0 atom stereocenters. The topological polar surface area (TPSA) is 199 Å². The first-order valence-electron chi connectivity index (χ1n) is 17.0. The normalized spacial score (nSPS) is 12.0. The fourth-order valence-corrected chi connectivity index (χ4v) is 6.57. The predicted molar refractivity (Wildman–Crippen MR) is 214 cm³/mol. The highest BCUT2D eigenvalue weighted by Crippen LogP contribution is 2.45. The molecule has 0 aliphatic heterocycles. The molecule has 280 valence electrons. The first-order chi connectivity index (χ1) is 27.2. The van der Waals surface area contributed by atoms with Crippen LogP contribution in [0.2, 0.25) is 0 Å². The van der Waals surface area contributed by atoms with Gasteiger partial charge in [0.15, 0.2) is 5.75 Å². The zero-order valence-corrected chi connectivity index (χ0v) is 30.7. The van der Waals surface area contributed by atoms with Crippen molar-refractivity contribution in [2.24, 2.45) is 30.7 Å². The number of aromatic hydroxyl groups is 1. The molecule has 0 aliphatic carbocycles. The summed E-state index contributed by atoms with van der Waals surface area (Å²) >= 11 is 0. The number of ether oxygens (including phenoxy) is 2. The van der Waals surface area contributed by atoms with Gasteiger partial charge in [0.2, 0.25) is 0 Å². The summed E-state index contributed by atoms with van der Waals surface area (Å²) in [6.45, 7) is -0.462. The summed E-state index contributed by atoms with van der Waals surface area (Å²) in [6.07, 6.45) is 0. The van der Waals surface area contributed by atoms with Gasteiger partial charge in [-0.3, -0.25) is 4.55 Å². The molecular formula is C41H33N7O7S. The lowest BCUT2D eigenvalue weighted by molar-refractivity contribution is 0.282. The molecule has 0 radical (unpaired) electrons. The zero-order valence-electron chi connectivity index (χ0n) is 29.9. The average molecular weight is 768 g/mol. The Morgan fingerprint density at radius 3 is 1.96 bits per heavy atom. The van der Waals surface area contributed by atoms with E-state index in [9.17, 15) is 23.2 Å². The SMILES string of the molecule is COc1cc(N=Nc2ccccc2S(=O)(=O)O)c(CO)cc1N=Nc1cc(OC)c(N=Nc2ccc3cc(Nc4ccccc4)ccc3c2O)c2ccccc12. The Kier molecular flexibility index (Phi) is 10.7. The van der Waals surface area contributed by atoms with E-state index in [4.69, 9.17) is 9.47 Å². The molecule has 7 rings (SSSR count). The van der Waals surface area contributed by atoms with Gasteiger partial charge in [0.25, 0.3) is 10.1 Å². The third-order valence-corrected chi connectivity index (χ3v) is 9.60. The zero-order chi connectivity index (χ0) is 39.2. The van der Waals surface area contributed by atoms with Crippen LogP contribution in [0.4, 0.5) is 45.5 Å². The van der Waals surface area contributed by atoms with Crippen LogP contribution >= 0.6 is 0 Å². The van der Waals surface area contributed by atoms with Crippen molar-refractivity contribution in [3.8, 4) is 17.2 Å². The van der Waals surface area contributed by atoms with Gasteiger partial charge < -0.3 is 25.0 Å². The smallest absolute Gasteiger partial charge is 0.296 e. The maximum atomic E-state index is 11.8. The number of phenolic OH excluding ortho intramolecular Hbond substituents is 1. The molecule has 0 saturated carbocycles. The van der Waals surface area contributed by atoms with Crippen LogP contribution in [-0.2, 0) is 16.7 Å². The van der Waals surface area contributed by atoms with Gasteiger partial charge in [-0.15, -0.1) is 25.6 Å². The molecule has 4 N–H and O–H groups in total. The summed E-state index contributed by atoms with van der Waals surface area (Å²) in [4.78, 5) is -0.417. The van der Waals surface area contributed by atoms with Crippen molar-refractivity contribution in [3.63, 3.8) is 0 Å². The number of benzene rings is 7. The molecule has 0 saturated heterocycles. The monoisotopic (exact) mass is 767 g/mol. The van der Waals surface area contributed by atoms with E-state index in [1.54, 1.807) is 18.2 Å². The van der Waals surface area contributed by atoms with Gasteiger partial charge >= 0.3 is 0 Å². The molecule has 14 nitrogen and oxygen atoms in total. The van der Waals surface area contributed by atoms with Crippen LogP contribution in [0.25, 0.3) is 21.5 Å². The minimum atomic E-state index is -4.55. The largest absolute Gasteiger partial charge is 0.505 e. The molecule has 0 amide bonds. The number of nitrogens with one attached hydrogen (secondary N) is 1. The number of aliphatic hydroxyl groups is 1. The van der Waals surface area contributed by atoms with Crippen molar-refractivity contribution in [2.75, 3.05) is 19.5 Å². The van der Waals surface area contributed by atoms with Crippen LogP contribution in [0.5, 0.6) is 17.2 Å². The number of para-hydroxylation sites is 1. The Morgan fingerprint density at radius 2 is 1.21 bits per heavy atom. The minimum absolute atomic E-state index is 0.0159. The number of fused-ring (bicyclic) bond motifs is 2. The summed E-state index contributed by atoms with van der Waals surface area (Å²) in [5, 5.41) is 53.5. The van der Waals surface area contributed by atoms with E-state index < -0.39 is 21.6 Å². The van der Waals surface area contributed by atoms with E-state index in [0.717, 1.165) is 16.8 Å². The number of hydrogen-bond acceptors (Lipinski definition) is 13. The first-order valence-corrected chi connectivity index (χ1v) is 18.4. The molecule has 0 spiro atoms. The van der Waals surface area contributed by atoms with Crippen LogP contribution in [0, 0.1) is 0 Å².